The van der Waals surface area contributed by atoms with Gasteiger partial charge >= 0.3 is 5.97 Å². The zero-order valence-corrected chi connectivity index (χ0v) is 12.4. The molecule has 2 rings (SSSR count). The van der Waals surface area contributed by atoms with E-state index in [1.165, 1.54) is 12.1 Å². The van der Waals surface area contributed by atoms with Gasteiger partial charge in [0.25, 0.3) is 5.69 Å². The molecule has 2 aromatic rings. The Labute approximate surface area is 133 Å². The quantitative estimate of drug-likeness (QED) is 0.630. The van der Waals surface area contributed by atoms with Crippen LogP contribution in [-0.2, 0) is 13.1 Å². The lowest BCUT2D eigenvalue weighted by atomic mass is 10.1. The number of nitro groups is 1. The topological polar surface area (TPSA) is 92.5 Å². The highest BCUT2D eigenvalue weighted by Gasteiger charge is 2.04. The third-order valence-corrected chi connectivity index (χ3v) is 3.01. The SMILES string of the molecule is Cl.O=C(O)c1ccc(CNCc2ccc([N+](=O)[O-])cc2)cc1. The molecule has 0 amide bonds. The average Bonchev–Trinajstić information content (AvgIpc) is 2.48. The summed E-state index contributed by atoms with van der Waals surface area (Å²) in [6.07, 6.45) is 0. The second-order valence-corrected chi connectivity index (χ2v) is 4.53. The highest BCUT2D eigenvalue weighted by Crippen LogP contribution is 2.12. The molecule has 7 heteroatoms. The molecule has 0 heterocycles. The molecule has 0 aliphatic rings. The first-order chi connectivity index (χ1) is 10.1. The number of non-ortho nitro benzene ring substituents is 1. The number of halogens is 1. The number of nitrogens with one attached hydrogen (secondary N) is 1. The van der Waals surface area contributed by atoms with Crippen LogP contribution in [0.2, 0.25) is 0 Å². The zero-order valence-electron chi connectivity index (χ0n) is 11.6. The van der Waals surface area contributed by atoms with E-state index in [1.54, 1.807) is 36.4 Å². The van der Waals surface area contributed by atoms with E-state index in [-0.39, 0.29) is 23.7 Å². The van der Waals surface area contributed by atoms with Crippen molar-refractivity contribution in [1.82, 2.24) is 5.32 Å². The van der Waals surface area contributed by atoms with Gasteiger partial charge in [0, 0.05) is 25.2 Å². The number of hydrogen-bond acceptors (Lipinski definition) is 4. The summed E-state index contributed by atoms with van der Waals surface area (Å²) in [5.74, 6) is -0.944. The molecule has 0 fully saturated rings. The van der Waals surface area contributed by atoms with Crippen molar-refractivity contribution < 1.29 is 14.8 Å². The van der Waals surface area contributed by atoms with Gasteiger partial charge in [-0.1, -0.05) is 24.3 Å². The van der Waals surface area contributed by atoms with E-state index >= 15 is 0 Å². The van der Waals surface area contributed by atoms with Crippen molar-refractivity contribution in [3.8, 4) is 0 Å². The molecular formula is C15H15ClN2O4. The Bertz CT molecular complexity index is 584. The number of benzene rings is 2. The lowest BCUT2D eigenvalue weighted by Crippen LogP contribution is -2.12. The van der Waals surface area contributed by atoms with Crippen molar-refractivity contribution in [1.29, 1.82) is 0 Å². The minimum Gasteiger partial charge on any atom is -0.478 e. The molecule has 0 saturated carbocycles. The monoisotopic (exact) mass is 322 g/mol. The molecule has 0 saturated heterocycles. The Balaban J connectivity index is 0.00000242. The first kappa shape index (κ1) is 17.6. The van der Waals surface area contributed by atoms with Gasteiger partial charge in [-0.15, -0.1) is 12.4 Å². The molecule has 116 valence electrons. The van der Waals surface area contributed by atoms with Crippen LogP contribution in [0.15, 0.2) is 48.5 Å². The standard InChI is InChI=1S/C15H14N2O4.ClH/c18-15(19)13-5-1-11(2-6-13)9-16-10-12-3-7-14(8-4-12)17(20)21;/h1-8,16H,9-10H2,(H,18,19);1H. The van der Waals surface area contributed by atoms with Gasteiger partial charge in [-0.05, 0) is 23.3 Å². The fraction of sp³-hybridized carbons (Fsp3) is 0.133. The normalized spacial score (nSPS) is 9.82. The van der Waals surface area contributed by atoms with Crippen LogP contribution in [0.25, 0.3) is 0 Å². The largest absolute Gasteiger partial charge is 0.478 e. The molecule has 0 spiro atoms. The van der Waals surface area contributed by atoms with Crippen LogP contribution in [0.5, 0.6) is 0 Å². The Morgan fingerprint density at radius 1 is 1.00 bits per heavy atom. The maximum absolute atomic E-state index is 10.7. The van der Waals surface area contributed by atoms with Gasteiger partial charge in [0.05, 0.1) is 10.5 Å². The number of aromatic carboxylic acids is 1. The molecule has 0 radical (unpaired) electrons. The van der Waals surface area contributed by atoms with Crippen molar-refractivity contribution >= 4 is 24.1 Å². The number of rotatable bonds is 6. The second-order valence-electron chi connectivity index (χ2n) is 4.53. The Morgan fingerprint density at radius 2 is 1.45 bits per heavy atom. The lowest BCUT2D eigenvalue weighted by Gasteiger charge is -2.05. The van der Waals surface area contributed by atoms with Crippen LogP contribution in [0.1, 0.15) is 21.5 Å². The second kappa shape index (κ2) is 8.11. The maximum atomic E-state index is 10.7. The van der Waals surface area contributed by atoms with Gasteiger partial charge in [-0.2, -0.15) is 0 Å². The smallest absolute Gasteiger partial charge is 0.335 e. The van der Waals surface area contributed by atoms with Gasteiger partial charge in [-0.3, -0.25) is 10.1 Å². The van der Waals surface area contributed by atoms with E-state index in [9.17, 15) is 14.9 Å². The molecule has 0 aromatic heterocycles. The number of hydrogen-bond donors (Lipinski definition) is 2. The molecule has 6 nitrogen and oxygen atoms in total. The summed E-state index contributed by atoms with van der Waals surface area (Å²) in [5.41, 5.74) is 2.25. The molecule has 0 aliphatic carbocycles. The number of carboxylic acid groups (broad SMARTS) is 1. The molecule has 0 unspecified atom stereocenters. The average molecular weight is 323 g/mol. The van der Waals surface area contributed by atoms with Crippen molar-refractivity contribution in [2.45, 2.75) is 13.1 Å². The Kier molecular flexibility index (Phi) is 6.49. The molecule has 2 N–H and O–H groups in total. The summed E-state index contributed by atoms with van der Waals surface area (Å²) in [6.45, 7) is 1.18. The fourth-order valence-electron chi connectivity index (χ4n) is 1.85. The van der Waals surface area contributed by atoms with Crippen LogP contribution in [0, 0.1) is 10.1 Å². The van der Waals surface area contributed by atoms with E-state index in [0.717, 1.165) is 11.1 Å². The number of nitrogens with zero attached hydrogens (tertiary/aromatic N) is 1. The highest BCUT2D eigenvalue weighted by atomic mass is 35.5. The van der Waals surface area contributed by atoms with Crippen LogP contribution >= 0.6 is 12.4 Å². The van der Waals surface area contributed by atoms with Crippen molar-refractivity contribution in [3.63, 3.8) is 0 Å². The molecule has 2 aromatic carbocycles. The van der Waals surface area contributed by atoms with E-state index in [0.29, 0.717) is 13.1 Å². The zero-order chi connectivity index (χ0) is 15.2. The van der Waals surface area contributed by atoms with Gasteiger partial charge < -0.3 is 10.4 Å². The van der Waals surface area contributed by atoms with Crippen LogP contribution < -0.4 is 5.32 Å². The summed E-state index contributed by atoms with van der Waals surface area (Å²) in [7, 11) is 0. The maximum Gasteiger partial charge on any atom is 0.335 e. The Hall–Kier alpha value is -2.44. The van der Waals surface area contributed by atoms with Crippen molar-refractivity contribution in [3.05, 3.63) is 75.3 Å². The number of nitro benzene ring substituents is 1. The van der Waals surface area contributed by atoms with Crippen LogP contribution in [0.4, 0.5) is 5.69 Å². The predicted octanol–water partition coefficient (Wildman–Crippen LogP) is 3.00. The van der Waals surface area contributed by atoms with E-state index in [2.05, 4.69) is 5.32 Å². The predicted molar refractivity (Wildman–Crippen MR) is 84.3 cm³/mol. The van der Waals surface area contributed by atoms with E-state index in [1.807, 2.05) is 0 Å². The van der Waals surface area contributed by atoms with E-state index < -0.39 is 10.9 Å². The molecule has 0 atom stereocenters. The molecular weight excluding hydrogens is 308 g/mol. The minimum atomic E-state index is -0.944. The Morgan fingerprint density at radius 3 is 1.86 bits per heavy atom. The van der Waals surface area contributed by atoms with Gasteiger partial charge in [-0.25, -0.2) is 4.79 Å². The van der Waals surface area contributed by atoms with Crippen LogP contribution in [0.3, 0.4) is 0 Å². The highest BCUT2D eigenvalue weighted by molar-refractivity contribution is 5.87. The summed E-state index contributed by atoms with van der Waals surface area (Å²) >= 11 is 0. The third kappa shape index (κ3) is 4.83. The fourth-order valence-corrected chi connectivity index (χ4v) is 1.85. The lowest BCUT2D eigenvalue weighted by molar-refractivity contribution is -0.384. The van der Waals surface area contributed by atoms with Gasteiger partial charge in [0.15, 0.2) is 0 Å². The number of carboxylic acids is 1. The summed E-state index contributed by atoms with van der Waals surface area (Å²) in [5, 5.41) is 22.5. The summed E-state index contributed by atoms with van der Waals surface area (Å²) in [4.78, 5) is 20.8. The first-order valence-corrected chi connectivity index (χ1v) is 6.32. The molecule has 0 aliphatic heterocycles. The summed E-state index contributed by atoms with van der Waals surface area (Å²) in [6, 6.07) is 13.0. The van der Waals surface area contributed by atoms with E-state index in [4.69, 9.17) is 5.11 Å². The van der Waals surface area contributed by atoms with Crippen molar-refractivity contribution in [2.75, 3.05) is 0 Å². The molecule has 0 bridgehead atoms. The minimum absolute atomic E-state index is 0. The number of carbonyl (C=O) groups is 1. The summed E-state index contributed by atoms with van der Waals surface area (Å²) < 4.78 is 0. The van der Waals surface area contributed by atoms with Gasteiger partial charge in [0.2, 0.25) is 0 Å². The third-order valence-electron chi connectivity index (χ3n) is 3.01. The van der Waals surface area contributed by atoms with Crippen LogP contribution in [-0.4, -0.2) is 16.0 Å². The van der Waals surface area contributed by atoms with Gasteiger partial charge in [0.1, 0.15) is 0 Å². The molecule has 22 heavy (non-hydrogen) atoms. The van der Waals surface area contributed by atoms with Crippen molar-refractivity contribution in [2.24, 2.45) is 0 Å². The first-order valence-electron chi connectivity index (χ1n) is 6.32.